The van der Waals surface area contributed by atoms with E-state index in [1.807, 2.05) is 6.92 Å². The van der Waals surface area contributed by atoms with Crippen LogP contribution in [0.1, 0.15) is 48.2 Å². The summed E-state index contributed by atoms with van der Waals surface area (Å²) in [5, 5.41) is 2.88. The van der Waals surface area contributed by atoms with Crippen molar-refractivity contribution < 1.29 is 4.79 Å². The summed E-state index contributed by atoms with van der Waals surface area (Å²) < 4.78 is 1.43. The molecule has 144 valence electrons. The second-order valence-electron chi connectivity index (χ2n) is 7.02. The SMILES string of the molecule is CCCn1c(=O)[nH]c(=O)c2c(C(=O)Nc3ccccc3N)cc(C3CC3)nc21. The lowest BCUT2D eigenvalue weighted by atomic mass is 10.1. The van der Waals surface area contributed by atoms with Crippen molar-refractivity contribution in [1.29, 1.82) is 0 Å². The van der Waals surface area contributed by atoms with Crippen molar-refractivity contribution >= 4 is 28.3 Å². The van der Waals surface area contributed by atoms with Crippen LogP contribution in [0.3, 0.4) is 0 Å². The number of anilines is 2. The van der Waals surface area contributed by atoms with Gasteiger partial charge in [0.25, 0.3) is 11.5 Å². The zero-order chi connectivity index (χ0) is 19.8. The van der Waals surface area contributed by atoms with Crippen LogP contribution < -0.4 is 22.3 Å². The van der Waals surface area contributed by atoms with E-state index in [2.05, 4.69) is 15.3 Å². The molecular formula is C20H21N5O3. The average Bonchev–Trinajstić information content (AvgIpc) is 3.51. The summed E-state index contributed by atoms with van der Waals surface area (Å²) in [6.07, 6.45) is 2.65. The first-order valence-electron chi connectivity index (χ1n) is 9.33. The van der Waals surface area contributed by atoms with Crippen LogP contribution in [0.4, 0.5) is 11.4 Å². The molecular weight excluding hydrogens is 358 g/mol. The molecule has 4 rings (SSSR count). The number of carbonyl (C=O) groups excluding carboxylic acids is 1. The molecule has 0 atom stereocenters. The van der Waals surface area contributed by atoms with E-state index < -0.39 is 17.2 Å². The summed E-state index contributed by atoms with van der Waals surface area (Å²) in [5.74, 6) is -0.207. The van der Waals surface area contributed by atoms with Crippen molar-refractivity contribution in [2.45, 2.75) is 38.6 Å². The molecule has 2 aromatic heterocycles. The van der Waals surface area contributed by atoms with Crippen molar-refractivity contribution in [2.24, 2.45) is 0 Å². The Hall–Kier alpha value is -3.42. The standard InChI is InChI=1S/C20H21N5O3/c1-2-9-25-17-16(19(27)24-20(25)28)12(10-15(22-17)11-7-8-11)18(26)23-14-6-4-3-5-13(14)21/h3-6,10-11H,2,7-9,21H2,1H3,(H,23,26)(H,24,27,28). The first kappa shape index (κ1) is 18.0. The van der Waals surface area contributed by atoms with Crippen LogP contribution in [0.25, 0.3) is 11.0 Å². The molecule has 8 heteroatoms. The smallest absolute Gasteiger partial charge is 0.329 e. The highest BCUT2D eigenvalue weighted by Crippen LogP contribution is 2.40. The summed E-state index contributed by atoms with van der Waals surface area (Å²) >= 11 is 0. The highest BCUT2D eigenvalue weighted by molar-refractivity contribution is 6.12. The Morgan fingerprint density at radius 3 is 2.75 bits per heavy atom. The minimum absolute atomic E-state index is 0.115. The molecule has 28 heavy (non-hydrogen) atoms. The number of fused-ring (bicyclic) bond motifs is 1. The van der Waals surface area contributed by atoms with E-state index in [9.17, 15) is 14.4 Å². The Balaban J connectivity index is 1.93. The average molecular weight is 379 g/mol. The third kappa shape index (κ3) is 3.17. The van der Waals surface area contributed by atoms with Gasteiger partial charge in [0.15, 0.2) is 5.65 Å². The third-order valence-corrected chi connectivity index (χ3v) is 4.86. The van der Waals surface area contributed by atoms with E-state index >= 15 is 0 Å². The van der Waals surface area contributed by atoms with Crippen molar-refractivity contribution in [3.05, 3.63) is 62.4 Å². The minimum Gasteiger partial charge on any atom is -0.397 e. The Morgan fingerprint density at radius 2 is 2.07 bits per heavy atom. The Bertz CT molecular complexity index is 1190. The molecule has 0 bridgehead atoms. The number of hydrogen-bond acceptors (Lipinski definition) is 5. The molecule has 2 heterocycles. The van der Waals surface area contributed by atoms with Gasteiger partial charge in [-0.1, -0.05) is 19.1 Å². The summed E-state index contributed by atoms with van der Waals surface area (Å²) in [6, 6.07) is 8.56. The first-order chi connectivity index (χ1) is 13.5. The molecule has 1 fully saturated rings. The number of para-hydroxylation sites is 2. The summed E-state index contributed by atoms with van der Waals surface area (Å²) in [6.45, 7) is 2.33. The normalized spacial score (nSPS) is 13.6. The number of nitrogen functional groups attached to an aromatic ring is 1. The second kappa shape index (κ2) is 6.95. The summed E-state index contributed by atoms with van der Waals surface area (Å²) in [7, 11) is 0. The molecule has 1 aliphatic rings. The summed E-state index contributed by atoms with van der Waals surface area (Å²) in [5.41, 5.74) is 6.86. The molecule has 0 saturated heterocycles. The lowest BCUT2D eigenvalue weighted by Crippen LogP contribution is -2.32. The molecule has 1 aromatic carbocycles. The number of nitrogens with zero attached hydrogens (tertiary/aromatic N) is 2. The number of benzene rings is 1. The zero-order valence-corrected chi connectivity index (χ0v) is 15.5. The number of rotatable bonds is 5. The van der Waals surface area contributed by atoms with Gasteiger partial charge >= 0.3 is 5.69 Å². The maximum absolute atomic E-state index is 13.0. The van der Waals surface area contributed by atoms with E-state index in [0.717, 1.165) is 18.5 Å². The zero-order valence-electron chi connectivity index (χ0n) is 15.5. The Labute approximate surface area is 160 Å². The molecule has 1 amide bonds. The lowest BCUT2D eigenvalue weighted by molar-refractivity contribution is 0.102. The number of aromatic nitrogens is 3. The van der Waals surface area contributed by atoms with E-state index in [1.165, 1.54) is 4.57 Å². The number of carbonyl (C=O) groups is 1. The van der Waals surface area contributed by atoms with Crippen LogP contribution in [-0.4, -0.2) is 20.4 Å². The predicted molar refractivity (Wildman–Crippen MR) is 108 cm³/mol. The number of hydrogen-bond donors (Lipinski definition) is 3. The van der Waals surface area contributed by atoms with Crippen LogP contribution in [0.2, 0.25) is 0 Å². The number of pyridine rings is 1. The van der Waals surface area contributed by atoms with Gasteiger partial charge in [0.05, 0.1) is 22.3 Å². The van der Waals surface area contributed by atoms with Gasteiger partial charge in [-0.2, -0.15) is 0 Å². The number of aryl methyl sites for hydroxylation is 1. The lowest BCUT2D eigenvalue weighted by Gasteiger charge is -2.13. The molecule has 4 N–H and O–H groups in total. The second-order valence-corrected chi connectivity index (χ2v) is 7.02. The van der Waals surface area contributed by atoms with Gasteiger partial charge in [-0.25, -0.2) is 9.78 Å². The maximum atomic E-state index is 13.0. The topological polar surface area (TPSA) is 123 Å². The van der Waals surface area contributed by atoms with E-state index in [-0.39, 0.29) is 22.5 Å². The van der Waals surface area contributed by atoms with Crippen molar-refractivity contribution in [2.75, 3.05) is 11.1 Å². The van der Waals surface area contributed by atoms with Gasteiger partial charge in [-0.3, -0.25) is 19.1 Å². The minimum atomic E-state index is -0.617. The molecule has 3 aromatic rings. The van der Waals surface area contributed by atoms with Crippen molar-refractivity contribution in [1.82, 2.24) is 14.5 Å². The van der Waals surface area contributed by atoms with Crippen LogP contribution in [0, 0.1) is 0 Å². The van der Waals surface area contributed by atoms with E-state index in [1.54, 1.807) is 30.3 Å². The summed E-state index contributed by atoms with van der Waals surface area (Å²) in [4.78, 5) is 44.8. The Kier molecular flexibility index (Phi) is 4.46. The highest BCUT2D eigenvalue weighted by Gasteiger charge is 2.28. The predicted octanol–water partition coefficient (Wildman–Crippen LogP) is 2.21. The molecule has 0 aliphatic heterocycles. The fourth-order valence-electron chi connectivity index (χ4n) is 3.29. The molecule has 0 spiro atoms. The van der Waals surface area contributed by atoms with Crippen LogP contribution >= 0.6 is 0 Å². The van der Waals surface area contributed by atoms with Crippen LogP contribution in [0.5, 0.6) is 0 Å². The largest absolute Gasteiger partial charge is 0.397 e. The molecule has 0 radical (unpaired) electrons. The van der Waals surface area contributed by atoms with Crippen LogP contribution in [-0.2, 0) is 6.54 Å². The monoisotopic (exact) mass is 379 g/mol. The number of aromatic amines is 1. The number of nitrogens with one attached hydrogen (secondary N) is 2. The first-order valence-corrected chi connectivity index (χ1v) is 9.33. The molecule has 0 unspecified atom stereocenters. The molecule has 8 nitrogen and oxygen atoms in total. The number of H-pyrrole nitrogens is 1. The quantitative estimate of drug-likeness (QED) is 0.587. The fraction of sp³-hybridized carbons (Fsp3) is 0.300. The maximum Gasteiger partial charge on any atom is 0.329 e. The van der Waals surface area contributed by atoms with Gasteiger partial charge in [-0.05, 0) is 37.5 Å². The number of amides is 1. The Morgan fingerprint density at radius 1 is 1.32 bits per heavy atom. The van der Waals surface area contributed by atoms with Gasteiger partial charge < -0.3 is 11.1 Å². The van der Waals surface area contributed by atoms with Crippen molar-refractivity contribution in [3.63, 3.8) is 0 Å². The highest BCUT2D eigenvalue weighted by atomic mass is 16.2. The fourth-order valence-corrected chi connectivity index (χ4v) is 3.29. The van der Waals surface area contributed by atoms with Crippen LogP contribution in [0.15, 0.2) is 39.9 Å². The molecule has 1 aliphatic carbocycles. The van der Waals surface area contributed by atoms with Crippen molar-refractivity contribution in [3.8, 4) is 0 Å². The molecule has 1 saturated carbocycles. The van der Waals surface area contributed by atoms with E-state index in [4.69, 9.17) is 5.73 Å². The van der Waals surface area contributed by atoms with Gasteiger partial charge in [0.2, 0.25) is 0 Å². The van der Waals surface area contributed by atoms with E-state index in [0.29, 0.717) is 24.3 Å². The van der Waals surface area contributed by atoms with Gasteiger partial charge in [0.1, 0.15) is 0 Å². The van der Waals surface area contributed by atoms with Gasteiger partial charge in [-0.15, -0.1) is 0 Å². The number of nitrogens with two attached hydrogens (primary N) is 1. The van der Waals surface area contributed by atoms with Gasteiger partial charge in [0, 0.05) is 18.2 Å². The third-order valence-electron chi connectivity index (χ3n) is 4.86.